The van der Waals surface area contributed by atoms with Gasteiger partial charge in [-0.3, -0.25) is 9.69 Å². The van der Waals surface area contributed by atoms with Gasteiger partial charge in [-0.05, 0) is 24.5 Å². The van der Waals surface area contributed by atoms with E-state index in [0.29, 0.717) is 38.1 Å². The molecule has 9 nitrogen and oxygen atoms in total. The normalized spacial score (nSPS) is 17.2. The fourth-order valence-electron chi connectivity index (χ4n) is 3.84. The number of hydrogen-bond acceptors (Lipinski definition) is 8. The molecule has 3 N–H and O–H groups in total. The first kappa shape index (κ1) is 22.4. The number of carbonyl (C=O) groups is 1. The largest absolute Gasteiger partial charge is 0.390 e. The van der Waals surface area contributed by atoms with E-state index in [9.17, 15) is 9.90 Å². The van der Waals surface area contributed by atoms with Crippen molar-refractivity contribution in [3.05, 3.63) is 47.2 Å². The van der Waals surface area contributed by atoms with E-state index in [1.54, 1.807) is 6.07 Å². The molecule has 0 spiro atoms. The van der Waals surface area contributed by atoms with Crippen molar-refractivity contribution in [3.63, 3.8) is 0 Å². The highest BCUT2D eigenvalue weighted by atomic mass is 16.5. The van der Waals surface area contributed by atoms with Crippen LogP contribution >= 0.6 is 0 Å². The molecule has 1 fully saturated rings. The number of aliphatic hydroxyl groups is 1. The van der Waals surface area contributed by atoms with E-state index in [4.69, 9.17) is 4.74 Å². The number of carbonyl (C=O) groups excluding carboxylic acids is 1. The van der Waals surface area contributed by atoms with Crippen LogP contribution < -0.4 is 15.5 Å². The molecule has 0 bridgehead atoms. The Morgan fingerprint density at radius 1 is 1.31 bits per heavy atom. The number of aliphatic hydroxyl groups excluding tert-OH is 1. The van der Waals surface area contributed by atoms with Crippen molar-refractivity contribution < 1.29 is 14.6 Å². The van der Waals surface area contributed by atoms with E-state index < -0.39 is 6.10 Å². The van der Waals surface area contributed by atoms with E-state index in [2.05, 4.69) is 43.7 Å². The minimum Gasteiger partial charge on any atom is -0.390 e. The topological polar surface area (TPSA) is 103 Å². The molecule has 1 saturated heterocycles. The number of nitrogens with zero attached hydrogens (tertiary/aromatic N) is 4. The summed E-state index contributed by atoms with van der Waals surface area (Å²) in [6.07, 6.45) is 0.319. The van der Waals surface area contributed by atoms with Crippen LogP contribution in [0, 0.1) is 0 Å². The van der Waals surface area contributed by atoms with Gasteiger partial charge >= 0.3 is 0 Å². The zero-order valence-electron chi connectivity index (χ0n) is 18.8. The summed E-state index contributed by atoms with van der Waals surface area (Å²) in [6, 6.07) is 10.3. The molecule has 1 atom stereocenters. The number of ether oxygens (including phenoxy) is 1. The summed E-state index contributed by atoms with van der Waals surface area (Å²) in [7, 11) is 1.88. The van der Waals surface area contributed by atoms with Crippen LogP contribution in [0.15, 0.2) is 30.3 Å². The molecule has 172 valence electrons. The van der Waals surface area contributed by atoms with Gasteiger partial charge in [-0.1, -0.05) is 24.3 Å². The third-order valence-electron chi connectivity index (χ3n) is 5.93. The molecule has 4 rings (SSSR count). The lowest BCUT2D eigenvalue weighted by Gasteiger charge is -2.30. The van der Waals surface area contributed by atoms with Gasteiger partial charge in [0.1, 0.15) is 11.5 Å². The average molecular weight is 441 g/mol. The second-order valence-corrected chi connectivity index (χ2v) is 8.45. The van der Waals surface area contributed by atoms with Crippen molar-refractivity contribution in [2.24, 2.45) is 0 Å². The van der Waals surface area contributed by atoms with E-state index in [0.717, 1.165) is 19.5 Å². The maximum atomic E-state index is 12.8. The van der Waals surface area contributed by atoms with E-state index >= 15 is 0 Å². The van der Waals surface area contributed by atoms with E-state index in [1.807, 2.05) is 24.9 Å². The van der Waals surface area contributed by atoms with Gasteiger partial charge in [-0.15, -0.1) is 0 Å². The molecule has 1 unspecified atom stereocenters. The van der Waals surface area contributed by atoms with Crippen LogP contribution in [0.1, 0.15) is 28.5 Å². The number of rotatable bonds is 9. The number of hydrogen-bond donors (Lipinski definition) is 3. The molecule has 3 heterocycles. The lowest BCUT2D eigenvalue weighted by atomic mass is 10.00. The number of amides is 1. The molecule has 0 saturated carbocycles. The Hall–Kier alpha value is -2.75. The fraction of sp³-hybridized carbons (Fsp3) is 0.522. The van der Waals surface area contributed by atoms with Crippen molar-refractivity contribution in [1.82, 2.24) is 20.2 Å². The van der Waals surface area contributed by atoms with Crippen molar-refractivity contribution >= 4 is 17.7 Å². The zero-order chi connectivity index (χ0) is 22.5. The van der Waals surface area contributed by atoms with Gasteiger partial charge in [-0.2, -0.15) is 4.98 Å². The lowest BCUT2D eigenvalue weighted by Crippen LogP contribution is -2.42. The van der Waals surface area contributed by atoms with Crippen LogP contribution in [-0.4, -0.2) is 84.5 Å². The molecule has 1 aromatic heterocycles. The van der Waals surface area contributed by atoms with Crippen molar-refractivity contribution in [2.45, 2.75) is 32.0 Å². The summed E-state index contributed by atoms with van der Waals surface area (Å²) < 4.78 is 5.20. The quantitative estimate of drug-likeness (QED) is 0.528. The molecule has 9 heteroatoms. The Balaban J connectivity index is 1.34. The summed E-state index contributed by atoms with van der Waals surface area (Å²) in [6.45, 7) is 6.36. The van der Waals surface area contributed by atoms with Crippen LogP contribution in [0.4, 0.5) is 11.8 Å². The number of anilines is 2. The molecular formula is C23H32N6O3. The Bertz CT molecular complexity index is 936. The van der Waals surface area contributed by atoms with Gasteiger partial charge in [0.2, 0.25) is 5.95 Å². The number of β-amino-alcohol motifs (C(OH)–C–C–N with tert-alkyl or cyclic N) is 1. The second kappa shape index (κ2) is 10.2. The van der Waals surface area contributed by atoms with Gasteiger partial charge in [-0.25, -0.2) is 4.98 Å². The highest BCUT2D eigenvalue weighted by Crippen LogP contribution is 2.19. The molecule has 0 aliphatic carbocycles. The number of nitrogens with one attached hydrogen (secondary N) is 2. The van der Waals surface area contributed by atoms with Gasteiger partial charge < -0.3 is 25.4 Å². The Morgan fingerprint density at radius 3 is 2.81 bits per heavy atom. The standard InChI is InChI=1S/C23H32N6O3/c1-3-28(2)23-26-20(10-21(27-23)25-18-14-32-15-18)22(31)24-11-19(30)13-29-9-8-16-6-4-5-7-17(16)12-29/h4-7,10,18-19,30H,3,8-9,11-15H2,1-2H3,(H,24,31)(H,25,26,27). The molecule has 1 aromatic carbocycles. The van der Waals surface area contributed by atoms with Crippen molar-refractivity contribution in [2.75, 3.05) is 56.7 Å². The van der Waals surface area contributed by atoms with Crippen molar-refractivity contribution in [3.8, 4) is 0 Å². The van der Waals surface area contributed by atoms with Gasteiger partial charge in [0.15, 0.2) is 0 Å². The molecule has 32 heavy (non-hydrogen) atoms. The summed E-state index contributed by atoms with van der Waals surface area (Å²) in [5.41, 5.74) is 2.96. The van der Waals surface area contributed by atoms with Crippen molar-refractivity contribution in [1.29, 1.82) is 0 Å². The SMILES string of the molecule is CCN(C)c1nc(NC2COC2)cc(C(=O)NCC(O)CN2CCc3ccccc3C2)n1. The molecular weight excluding hydrogens is 408 g/mol. The number of benzene rings is 1. The first-order valence-electron chi connectivity index (χ1n) is 11.2. The Morgan fingerprint density at radius 2 is 2.09 bits per heavy atom. The third-order valence-corrected chi connectivity index (χ3v) is 5.93. The Kier molecular flexibility index (Phi) is 7.19. The molecule has 1 amide bonds. The van der Waals surface area contributed by atoms with E-state index in [1.165, 1.54) is 11.1 Å². The van der Waals surface area contributed by atoms with Gasteiger partial charge in [0.25, 0.3) is 5.91 Å². The summed E-state index contributed by atoms with van der Waals surface area (Å²) in [5.74, 6) is 0.755. The lowest BCUT2D eigenvalue weighted by molar-refractivity contribution is 0.0209. The van der Waals surface area contributed by atoms with Gasteiger partial charge in [0.05, 0.1) is 25.4 Å². The minimum absolute atomic E-state index is 0.166. The monoisotopic (exact) mass is 440 g/mol. The maximum Gasteiger partial charge on any atom is 0.270 e. The molecule has 2 aliphatic heterocycles. The highest BCUT2D eigenvalue weighted by Gasteiger charge is 2.22. The highest BCUT2D eigenvalue weighted by molar-refractivity contribution is 5.93. The predicted molar refractivity (Wildman–Crippen MR) is 123 cm³/mol. The smallest absolute Gasteiger partial charge is 0.270 e. The molecule has 2 aliphatic rings. The fourth-order valence-corrected chi connectivity index (χ4v) is 3.84. The van der Waals surface area contributed by atoms with E-state index in [-0.39, 0.29) is 24.2 Å². The van der Waals surface area contributed by atoms with Crippen LogP contribution in [0.3, 0.4) is 0 Å². The number of fused-ring (bicyclic) bond motifs is 1. The first-order valence-corrected chi connectivity index (χ1v) is 11.2. The molecule has 2 aromatic rings. The third kappa shape index (κ3) is 5.53. The summed E-state index contributed by atoms with van der Waals surface area (Å²) >= 11 is 0. The number of aromatic nitrogens is 2. The minimum atomic E-state index is -0.659. The average Bonchev–Trinajstić information content (AvgIpc) is 2.79. The van der Waals surface area contributed by atoms with Crippen LogP contribution in [0.2, 0.25) is 0 Å². The first-order chi connectivity index (χ1) is 15.5. The van der Waals surface area contributed by atoms with Crippen LogP contribution in [0.25, 0.3) is 0 Å². The van der Waals surface area contributed by atoms with Crippen LogP contribution in [-0.2, 0) is 17.7 Å². The second-order valence-electron chi connectivity index (χ2n) is 8.45. The molecule has 0 radical (unpaired) electrons. The predicted octanol–water partition coefficient (Wildman–Crippen LogP) is 0.892. The van der Waals surface area contributed by atoms with Gasteiger partial charge in [0, 0.05) is 45.8 Å². The van der Waals surface area contributed by atoms with Crippen LogP contribution in [0.5, 0.6) is 0 Å². The zero-order valence-corrected chi connectivity index (χ0v) is 18.8. The maximum absolute atomic E-state index is 12.8. The summed E-state index contributed by atoms with van der Waals surface area (Å²) in [5, 5.41) is 16.6. The Labute approximate surface area is 188 Å². The summed E-state index contributed by atoms with van der Waals surface area (Å²) in [4.78, 5) is 25.8.